The van der Waals surface area contributed by atoms with Gasteiger partial charge in [0, 0.05) is 0 Å². The Kier molecular flexibility index (Phi) is 2.75. The molecule has 2 rings (SSSR count). The van der Waals surface area contributed by atoms with Crippen LogP contribution < -0.4 is 5.73 Å². The summed E-state index contributed by atoms with van der Waals surface area (Å²) in [6.45, 7) is 5.42. The van der Waals surface area contributed by atoms with E-state index in [0.717, 1.165) is 19.4 Å². The van der Waals surface area contributed by atoms with Crippen molar-refractivity contribution in [1.82, 2.24) is 14.8 Å². The minimum atomic E-state index is 0.0158. The lowest BCUT2D eigenvalue weighted by Gasteiger charge is -2.18. The first-order valence-corrected chi connectivity index (χ1v) is 5.35. The van der Waals surface area contributed by atoms with E-state index in [1.165, 1.54) is 0 Å². The molecule has 0 aromatic carbocycles. The molecule has 5 heteroatoms. The molecule has 1 aliphatic heterocycles. The Hall–Kier alpha value is -0.940. The Morgan fingerprint density at radius 2 is 2.47 bits per heavy atom. The Balaban J connectivity index is 1.92. The van der Waals surface area contributed by atoms with Crippen molar-refractivity contribution in [3.63, 3.8) is 0 Å². The Bertz CT molecular complexity index is 334. The summed E-state index contributed by atoms with van der Waals surface area (Å²) in [5.41, 5.74) is 5.46. The number of hydrogen-bond donors (Lipinski definition) is 1. The highest BCUT2D eigenvalue weighted by atomic mass is 16.5. The zero-order valence-corrected chi connectivity index (χ0v) is 9.31. The van der Waals surface area contributed by atoms with Crippen LogP contribution in [0.3, 0.4) is 0 Å². The molecule has 15 heavy (non-hydrogen) atoms. The van der Waals surface area contributed by atoms with Gasteiger partial charge in [0.2, 0.25) is 0 Å². The summed E-state index contributed by atoms with van der Waals surface area (Å²) in [6.07, 6.45) is 4.17. The average molecular weight is 210 g/mol. The molecule has 1 aromatic heterocycles. The molecule has 1 atom stereocenters. The van der Waals surface area contributed by atoms with Crippen LogP contribution in [0.4, 0.5) is 0 Å². The van der Waals surface area contributed by atoms with Gasteiger partial charge in [0.05, 0.1) is 24.8 Å². The van der Waals surface area contributed by atoms with E-state index >= 15 is 0 Å². The molecule has 84 valence electrons. The smallest absolute Gasteiger partial charge is 0.164 e. The van der Waals surface area contributed by atoms with E-state index in [1.807, 2.05) is 4.68 Å². The second kappa shape index (κ2) is 3.90. The molecule has 1 aliphatic rings. The van der Waals surface area contributed by atoms with Gasteiger partial charge in [-0.25, -0.2) is 4.98 Å². The number of aromatic nitrogens is 3. The van der Waals surface area contributed by atoms with Crippen LogP contribution in [-0.4, -0.2) is 26.5 Å². The molecule has 1 fully saturated rings. The van der Waals surface area contributed by atoms with Crippen molar-refractivity contribution < 1.29 is 4.74 Å². The predicted molar refractivity (Wildman–Crippen MR) is 56.1 cm³/mol. The van der Waals surface area contributed by atoms with Crippen LogP contribution in [0, 0.1) is 0 Å². The molecule has 0 amide bonds. The quantitative estimate of drug-likeness (QED) is 0.797. The van der Waals surface area contributed by atoms with E-state index in [2.05, 4.69) is 23.9 Å². The molecule has 1 aromatic rings. The van der Waals surface area contributed by atoms with Crippen molar-refractivity contribution in [2.24, 2.45) is 5.73 Å². The van der Waals surface area contributed by atoms with E-state index in [1.54, 1.807) is 6.33 Å². The van der Waals surface area contributed by atoms with Crippen molar-refractivity contribution in [3.8, 4) is 0 Å². The third kappa shape index (κ3) is 2.54. The van der Waals surface area contributed by atoms with Gasteiger partial charge in [-0.05, 0) is 26.7 Å². The first kappa shape index (κ1) is 10.6. The first-order valence-electron chi connectivity index (χ1n) is 5.35. The maximum atomic E-state index is 5.88. The predicted octanol–water partition coefficient (Wildman–Crippen LogP) is 0.694. The van der Waals surface area contributed by atoms with Gasteiger partial charge in [-0.2, -0.15) is 5.10 Å². The lowest BCUT2D eigenvalue weighted by atomic mass is 10.1. The van der Waals surface area contributed by atoms with Gasteiger partial charge in [0.25, 0.3) is 0 Å². The fraction of sp³-hybridized carbons (Fsp3) is 0.800. The van der Waals surface area contributed by atoms with Gasteiger partial charge >= 0.3 is 0 Å². The van der Waals surface area contributed by atoms with Crippen LogP contribution in [0.15, 0.2) is 6.33 Å². The number of nitrogens with two attached hydrogens (primary N) is 1. The summed E-state index contributed by atoms with van der Waals surface area (Å²) in [5, 5.41) is 4.24. The number of nitrogens with zero attached hydrogens (tertiary/aromatic N) is 3. The van der Waals surface area contributed by atoms with Gasteiger partial charge in [-0.1, -0.05) is 0 Å². The topological polar surface area (TPSA) is 66.0 Å². The van der Waals surface area contributed by atoms with Gasteiger partial charge in [0.1, 0.15) is 6.33 Å². The van der Waals surface area contributed by atoms with Crippen molar-refractivity contribution in [3.05, 3.63) is 12.2 Å². The molecular weight excluding hydrogens is 192 g/mol. The zero-order chi connectivity index (χ0) is 10.9. The Morgan fingerprint density at radius 1 is 1.67 bits per heavy atom. The molecule has 2 N–H and O–H groups in total. The molecule has 1 unspecified atom stereocenters. The Morgan fingerprint density at radius 3 is 3.00 bits per heavy atom. The SMILES string of the molecule is CC1(C)CCC(Cn2cnc(CN)n2)O1. The van der Waals surface area contributed by atoms with Crippen molar-refractivity contribution >= 4 is 0 Å². The monoisotopic (exact) mass is 210 g/mol. The summed E-state index contributed by atoms with van der Waals surface area (Å²) in [4.78, 5) is 4.08. The van der Waals surface area contributed by atoms with E-state index in [9.17, 15) is 0 Å². The van der Waals surface area contributed by atoms with Crippen LogP contribution in [0.2, 0.25) is 0 Å². The van der Waals surface area contributed by atoms with Crippen LogP contribution in [0.1, 0.15) is 32.5 Å². The second-order valence-corrected chi connectivity index (χ2v) is 4.63. The summed E-state index contributed by atoms with van der Waals surface area (Å²) in [5.74, 6) is 0.687. The van der Waals surface area contributed by atoms with E-state index in [-0.39, 0.29) is 11.7 Å². The fourth-order valence-corrected chi connectivity index (χ4v) is 1.93. The Labute approximate surface area is 89.6 Å². The maximum absolute atomic E-state index is 5.88. The molecule has 1 saturated heterocycles. The van der Waals surface area contributed by atoms with E-state index < -0.39 is 0 Å². The molecule has 2 heterocycles. The van der Waals surface area contributed by atoms with Crippen LogP contribution in [0.25, 0.3) is 0 Å². The molecule has 0 saturated carbocycles. The molecule has 0 aliphatic carbocycles. The summed E-state index contributed by atoms with van der Waals surface area (Å²) in [6, 6.07) is 0. The minimum absolute atomic E-state index is 0.0158. The standard InChI is InChI=1S/C10H18N4O/c1-10(2)4-3-8(15-10)6-14-7-12-9(5-11)13-14/h7-8H,3-6,11H2,1-2H3. The molecular formula is C10H18N4O. The third-order valence-corrected chi connectivity index (χ3v) is 2.71. The normalized spacial score (nSPS) is 24.6. The highest BCUT2D eigenvalue weighted by Crippen LogP contribution is 2.29. The van der Waals surface area contributed by atoms with Crippen molar-refractivity contribution in [2.45, 2.75) is 51.5 Å². The van der Waals surface area contributed by atoms with Crippen LogP contribution >= 0.6 is 0 Å². The summed E-state index contributed by atoms with van der Waals surface area (Å²) < 4.78 is 7.69. The van der Waals surface area contributed by atoms with Gasteiger partial charge < -0.3 is 10.5 Å². The average Bonchev–Trinajstić information content (AvgIpc) is 2.73. The highest BCUT2D eigenvalue weighted by molar-refractivity contribution is 4.83. The first-order chi connectivity index (χ1) is 7.09. The highest BCUT2D eigenvalue weighted by Gasteiger charge is 2.31. The van der Waals surface area contributed by atoms with Gasteiger partial charge in [-0.3, -0.25) is 4.68 Å². The second-order valence-electron chi connectivity index (χ2n) is 4.63. The van der Waals surface area contributed by atoms with Crippen LogP contribution in [-0.2, 0) is 17.8 Å². The molecule has 0 spiro atoms. The fourth-order valence-electron chi connectivity index (χ4n) is 1.93. The lowest BCUT2D eigenvalue weighted by molar-refractivity contribution is -0.0230. The molecule has 0 radical (unpaired) electrons. The zero-order valence-electron chi connectivity index (χ0n) is 9.31. The van der Waals surface area contributed by atoms with E-state index in [4.69, 9.17) is 10.5 Å². The molecule has 0 bridgehead atoms. The summed E-state index contributed by atoms with van der Waals surface area (Å²) in [7, 11) is 0. The maximum Gasteiger partial charge on any atom is 0.164 e. The van der Waals surface area contributed by atoms with Crippen molar-refractivity contribution in [2.75, 3.05) is 0 Å². The van der Waals surface area contributed by atoms with Crippen LogP contribution in [0.5, 0.6) is 0 Å². The number of ether oxygens (including phenoxy) is 1. The number of hydrogen-bond acceptors (Lipinski definition) is 4. The molecule has 5 nitrogen and oxygen atoms in total. The summed E-state index contributed by atoms with van der Waals surface area (Å²) >= 11 is 0. The van der Waals surface area contributed by atoms with Gasteiger partial charge in [0.15, 0.2) is 5.82 Å². The van der Waals surface area contributed by atoms with Crippen molar-refractivity contribution in [1.29, 1.82) is 0 Å². The van der Waals surface area contributed by atoms with E-state index in [0.29, 0.717) is 12.4 Å². The largest absolute Gasteiger partial charge is 0.370 e. The number of rotatable bonds is 3. The lowest BCUT2D eigenvalue weighted by Crippen LogP contribution is -2.23. The van der Waals surface area contributed by atoms with Gasteiger partial charge in [-0.15, -0.1) is 0 Å². The minimum Gasteiger partial charge on any atom is -0.370 e. The third-order valence-electron chi connectivity index (χ3n) is 2.71.